The standard InChI is InChI=1S/C63H40/c1-4-12-42(13-5-1)46-20-28-50(29-21-46)58-40-59(51-30-22-47(23-31-51)43-14-6-2-7-15-43)55-38-39-57-61(53-34-26-49(27-35-53)45-18-10-11-19-45)41-60(56-37-36-54(58)62(55)63(56)57)52-32-24-48(25-33-52)44-16-8-3-9-17-44/h1-10,12-41H. The minimum Gasteiger partial charge on any atom is -0.120 e. The first-order chi connectivity index (χ1) is 31.2. The van der Waals surface area contributed by atoms with Crippen LogP contribution < -0.4 is 0 Å². The Labute approximate surface area is 368 Å². The first kappa shape index (κ1) is 36.6. The molecule has 1 aliphatic rings. The molecule has 0 unspecified atom stereocenters. The summed E-state index contributed by atoms with van der Waals surface area (Å²) in [6.07, 6.45) is 6.17. The van der Waals surface area contributed by atoms with E-state index in [-0.39, 0.29) is 0 Å². The van der Waals surface area contributed by atoms with Gasteiger partial charge in [-0.2, -0.15) is 0 Å². The van der Waals surface area contributed by atoms with Crippen molar-refractivity contribution in [1.82, 2.24) is 0 Å². The number of hydrogen-bond donors (Lipinski definition) is 0. The van der Waals surface area contributed by atoms with Crippen LogP contribution in [0.1, 0.15) is 5.56 Å². The van der Waals surface area contributed by atoms with E-state index in [9.17, 15) is 0 Å². The van der Waals surface area contributed by atoms with Gasteiger partial charge in [0.1, 0.15) is 0 Å². The van der Waals surface area contributed by atoms with Crippen LogP contribution in [-0.4, -0.2) is 0 Å². The molecule has 0 heteroatoms. The van der Waals surface area contributed by atoms with Crippen LogP contribution in [0.15, 0.2) is 248 Å². The second-order valence-electron chi connectivity index (χ2n) is 16.5. The summed E-state index contributed by atoms with van der Waals surface area (Å²) in [7, 11) is 0. The van der Waals surface area contributed by atoms with Crippen molar-refractivity contribution in [3.05, 3.63) is 254 Å². The van der Waals surface area contributed by atoms with Crippen LogP contribution in [0.5, 0.6) is 0 Å². The fourth-order valence-corrected chi connectivity index (χ4v) is 9.71. The Balaban J connectivity index is 1.12. The van der Waals surface area contributed by atoms with Crippen molar-refractivity contribution in [2.75, 3.05) is 0 Å². The monoisotopic (exact) mass is 796 g/mol. The fraction of sp³-hybridized carbons (Fsp3) is 0. The third-order valence-corrected chi connectivity index (χ3v) is 12.9. The average molecular weight is 797 g/mol. The Hall–Kier alpha value is -8.28. The van der Waals surface area contributed by atoms with Gasteiger partial charge in [0.2, 0.25) is 0 Å². The molecular weight excluding hydrogens is 757 g/mol. The van der Waals surface area contributed by atoms with Gasteiger partial charge in [0.05, 0.1) is 0 Å². The van der Waals surface area contributed by atoms with Crippen molar-refractivity contribution in [1.29, 1.82) is 0 Å². The highest BCUT2D eigenvalue weighted by atomic mass is 14.2. The van der Waals surface area contributed by atoms with Crippen LogP contribution in [0, 0.1) is 0 Å². The van der Waals surface area contributed by atoms with E-state index in [0.29, 0.717) is 0 Å². The maximum absolute atomic E-state index is 3.22. The molecule has 0 heterocycles. The summed E-state index contributed by atoms with van der Waals surface area (Å²) in [6.45, 7) is 0. The van der Waals surface area contributed by atoms with Crippen LogP contribution in [0.3, 0.4) is 0 Å². The number of rotatable bonds is 8. The largest absolute Gasteiger partial charge is 0.120 e. The fourth-order valence-electron chi connectivity index (χ4n) is 9.71. The molecule has 0 N–H and O–H groups in total. The van der Waals surface area contributed by atoms with Crippen molar-refractivity contribution in [3.8, 4) is 77.9 Å². The van der Waals surface area contributed by atoms with Crippen molar-refractivity contribution in [2.45, 2.75) is 0 Å². The molecule has 11 aromatic carbocycles. The van der Waals surface area contributed by atoms with Gasteiger partial charge in [-0.15, -0.1) is 5.73 Å². The first-order valence-corrected chi connectivity index (χ1v) is 21.7. The van der Waals surface area contributed by atoms with Crippen LogP contribution in [0.4, 0.5) is 0 Å². The Kier molecular flexibility index (Phi) is 8.89. The van der Waals surface area contributed by atoms with Crippen LogP contribution in [0.2, 0.25) is 0 Å². The van der Waals surface area contributed by atoms with Crippen LogP contribution >= 0.6 is 0 Å². The molecule has 0 aromatic heterocycles. The van der Waals surface area contributed by atoms with E-state index >= 15 is 0 Å². The average Bonchev–Trinajstić information content (AvgIpc) is 3.92. The highest BCUT2D eigenvalue weighted by molar-refractivity contribution is 6.32. The van der Waals surface area contributed by atoms with Gasteiger partial charge in [0.25, 0.3) is 0 Å². The van der Waals surface area contributed by atoms with Gasteiger partial charge in [-0.05, 0) is 152 Å². The second-order valence-corrected chi connectivity index (χ2v) is 16.5. The molecule has 0 fully saturated rings. The van der Waals surface area contributed by atoms with Crippen LogP contribution in [-0.2, 0) is 0 Å². The van der Waals surface area contributed by atoms with E-state index in [1.54, 1.807) is 0 Å². The van der Waals surface area contributed by atoms with Gasteiger partial charge in [-0.25, -0.2) is 0 Å². The Morgan fingerprint density at radius 3 is 0.794 bits per heavy atom. The summed E-state index contributed by atoms with van der Waals surface area (Å²) in [5.41, 5.74) is 22.6. The lowest BCUT2D eigenvalue weighted by atomic mass is 9.81. The van der Waals surface area contributed by atoms with Gasteiger partial charge >= 0.3 is 0 Å². The molecule has 0 aliphatic heterocycles. The predicted octanol–water partition coefficient (Wildman–Crippen LogP) is 17.4. The summed E-state index contributed by atoms with van der Waals surface area (Å²) >= 11 is 0. The summed E-state index contributed by atoms with van der Waals surface area (Å²) in [5.74, 6) is 0. The molecule has 0 spiro atoms. The first-order valence-electron chi connectivity index (χ1n) is 21.7. The van der Waals surface area contributed by atoms with Gasteiger partial charge in [-0.1, -0.05) is 212 Å². The van der Waals surface area contributed by atoms with E-state index in [4.69, 9.17) is 0 Å². The van der Waals surface area contributed by atoms with E-state index in [0.717, 1.165) is 0 Å². The molecule has 12 rings (SSSR count). The summed E-state index contributed by atoms with van der Waals surface area (Å²) in [4.78, 5) is 0. The molecule has 63 heavy (non-hydrogen) atoms. The lowest BCUT2D eigenvalue weighted by Gasteiger charge is -2.22. The number of allylic oxidation sites excluding steroid dienone is 3. The lowest BCUT2D eigenvalue weighted by molar-refractivity contribution is 1.58. The third kappa shape index (κ3) is 6.50. The molecule has 1 aliphatic carbocycles. The maximum Gasteiger partial charge on any atom is -0.00139 e. The van der Waals surface area contributed by atoms with E-state index in [2.05, 4.69) is 242 Å². The highest BCUT2D eigenvalue weighted by Gasteiger charge is 2.21. The van der Waals surface area contributed by atoms with Crippen molar-refractivity contribution < 1.29 is 0 Å². The molecular formula is C63H40. The van der Waals surface area contributed by atoms with Crippen molar-refractivity contribution in [3.63, 3.8) is 0 Å². The molecule has 0 radical (unpaired) electrons. The normalized spacial score (nSPS) is 12.2. The Morgan fingerprint density at radius 1 is 0.238 bits per heavy atom. The van der Waals surface area contributed by atoms with E-state index in [1.165, 1.54) is 121 Å². The van der Waals surface area contributed by atoms with Gasteiger partial charge in [0.15, 0.2) is 0 Å². The quantitative estimate of drug-likeness (QED) is 0.106. The van der Waals surface area contributed by atoms with Crippen LogP contribution in [0.25, 0.3) is 116 Å². The molecule has 0 saturated heterocycles. The molecule has 0 bridgehead atoms. The molecule has 0 atom stereocenters. The van der Waals surface area contributed by atoms with Gasteiger partial charge in [-0.3, -0.25) is 0 Å². The molecule has 0 amide bonds. The minimum absolute atomic E-state index is 1.18. The van der Waals surface area contributed by atoms with Gasteiger partial charge < -0.3 is 0 Å². The maximum atomic E-state index is 3.22. The molecule has 11 aromatic rings. The Morgan fingerprint density at radius 2 is 0.508 bits per heavy atom. The highest BCUT2D eigenvalue weighted by Crippen LogP contribution is 2.49. The molecule has 0 nitrogen and oxygen atoms in total. The topological polar surface area (TPSA) is 0 Å². The Bertz CT molecular complexity index is 3450. The van der Waals surface area contributed by atoms with Crippen molar-refractivity contribution >= 4 is 37.9 Å². The van der Waals surface area contributed by atoms with E-state index < -0.39 is 0 Å². The third-order valence-electron chi connectivity index (χ3n) is 12.9. The SMILES string of the molecule is C1=CC=C(c2ccc(-c3cc(-c4ccc(-c5ccccc5)cc4)c4ccc5c(-c6ccc(-c7ccccc7)cc6)cc(-c6ccc(-c7ccccc7)cc6)c6ccc3c4c65)cc2)C=1. The molecule has 0 saturated carbocycles. The zero-order valence-corrected chi connectivity index (χ0v) is 34.6. The van der Waals surface area contributed by atoms with Gasteiger partial charge in [0, 0.05) is 0 Å². The second kappa shape index (κ2) is 15.3. The van der Waals surface area contributed by atoms with Crippen molar-refractivity contribution in [2.24, 2.45) is 0 Å². The smallest absolute Gasteiger partial charge is 0.00139 e. The zero-order chi connectivity index (χ0) is 41.7. The minimum atomic E-state index is 1.18. The summed E-state index contributed by atoms with van der Waals surface area (Å²) < 4.78 is 0. The number of benzene rings is 11. The lowest BCUT2D eigenvalue weighted by Crippen LogP contribution is -1.94. The summed E-state index contributed by atoms with van der Waals surface area (Å²) in [5, 5.41) is 7.61. The van der Waals surface area contributed by atoms with E-state index in [1.807, 2.05) is 6.08 Å². The zero-order valence-electron chi connectivity index (χ0n) is 34.6. The number of hydrogen-bond acceptors (Lipinski definition) is 0. The summed E-state index contributed by atoms with van der Waals surface area (Å²) in [6, 6.07) is 82.8. The predicted molar refractivity (Wildman–Crippen MR) is 269 cm³/mol. The molecule has 292 valence electrons.